The number of carbonyl (C=O) groups is 2. The van der Waals surface area contributed by atoms with Crippen LogP contribution in [0.4, 0.5) is 0 Å². The Hall–Kier alpha value is -4.06. The van der Waals surface area contributed by atoms with Crippen LogP contribution >= 0.6 is 0 Å². The van der Waals surface area contributed by atoms with Gasteiger partial charge in [0.25, 0.3) is 0 Å². The third-order valence-corrected chi connectivity index (χ3v) is 4.15. The molecule has 0 spiro atoms. The lowest BCUT2D eigenvalue weighted by Crippen LogP contribution is -2.11. The standard InChI is InChI=1S/C23H18O6/c1-14-2-6-16(7-3-14)23(28)29-22-13-17(24)8-9-18(22)19(25)10-4-15-5-11-20(26)21(27)12-15/h2-13,24,26-27H,1H3. The van der Waals surface area contributed by atoms with Crippen molar-refractivity contribution < 1.29 is 29.6 Å². The van der Waals surface area contributed by atoms with Crippen molar-refractivity contribution in [3.8, 4) is 23.0 Å². The van der Waals surface area contributed by atoms with Gasteiger partial charge < -0.3 is 20.1 Å². The Bertz CT molecular complexity index is 1100. The highest BCUT2D eigenvalue weighted by Gasteiger charge is 2.16. The lowest BCUT2D eigenvalue weighted by molar-refractivity contribution is 0.0733. The van der Waals surface area contributed by atoms with E-state index in [4.69, 9.17) is 4.74 Å². The smallest absolute Gasteiger partial charge is 0.343 e. The van der Waals surface area contributed by atoms with Gasteiger partial charge in [-0.25, -0.2) is 4.79 Å². The molecule has 0 fully saturated rings. The van der Waals surface area contributed by atoms with E-state index in [0.29, 0.717) is 11.1 Å². The molecule has 3 aromatic rings. The molecule has 0 saturated heterocycles. The quantitative estimate of drug-likeness (QED) is 0.198. The summed E-state index contributed by atoms with van der Waals surface area (Å²) in [5.41, 5.74) is 1.88. The van der Waals surface area contributed by atoms with Crippen LogP contribution in [0.15, 0.2) is 66.7 Å². The van der Waals surface area contributed by atoms with Crippen molar-refractivity contribution in [1.29, 1.82) is 0 Å². The third-order valence-electron chi connectivity index (χ3n) is 4.15. The van der Waals surface area contributed by atoms with Crippen LogP contribution in [-0.4, -0.2) is 27.1 Å². The van der Waals surface area contributed by atoms with E-state index in [1.165, 1.54) is 48.6 Å². The van der Waals surface area contributed by atoms with Crippen molar-refractivity contribution in [2.24, 2.45) is 0 Å². The zero-order valence-corrected chi connectivity index (χ0v) is 15.5. The molecule has 0 aromatic heterocycles. The minimum absolute atomic E-state index is 0.0706. The molecule has 0 aliphatic carbocycles. The highest BCUT2D eigenvalue weighted by molar-refractivity contribution is 6.09. The minimum atomic E-state index is -0.655. The maximum atomic E-state index is 12.6. The summed E-state index contributed by atoms with van der Waals surface area (Å²) in [4.78, 5) is 25.0. The zero-order chi connectivity index (χ0) is 21.0. The normalized spacial score (nSPS) is 10.8. The van der Waals surface area contributed by atoms with Gasteiger partial charge in [0.15, 0.2) is 17.3 Å². The van der Waals surface area contributed by atoms with Gasteiger partial charge in [0.1, 0.15) is 11.5 Å². The predicted octanol–water partition coefficient (Wildman–Crippen LogP) is 4.23. The summed E-state index contributed by atoms with van der Waals surface area (Å²) >= 11 is 0. The number of aromatic hydroxyl groups is 3. The number of esters is 1. The van der Waals surface area contributed by atoms with Gasteiger partial charge in [-0.15, -0.1) is 0 Å². The second-order valence-corrected chi connectivity index (χ2v) is 6.38. The number of ketones is 1. The number of benzene rings is 3. The van der Waals surface area contributed by atoms with Gasteiger partial charge in [-0.2, -0.15) is 0 Å². The van der Waals surface area contributed by atoms with E-state index in [1.54, 1.807) is 24.3 Å². The van der Waals surface area contributed by atoms with E-state index in [0.717, 1.165) is 5.56 Å². The Morgan fingerprint density at radius 2 is 1.59 bits per heavy atom. The van der Waals surface area contributed by atoms with E-state index in [9.17, 15) is 24.9 Å². The van der Waals surface area contributed by atoms with Crippen molar-refractivity contribution in [3.63, 3.8) is 0 Å². The molecular formula is C23H18O6. The average molecular weight is 390 g/mol. The summed E-state index contributed by atoms with van der Waals surface area (Å²) < 4.78 is 5.33. The first-order valence-electron chi connectivity index (χ1n) is 8.70. The van der Waals surface area contributed by atoms with Gasteiger partial charge in [0, 0.05) is 6.07 Å². The maximum absolute atomic E-state index is 12.6. The number of ether oxygens (including phenoxy) is 1. The molecule has 0 bridgehead atoms. The van der Waals surface area contributed by atoms with E-state index < -0.39 is 11.8 Å². The van der Waals surface area contributed by atoms with Gasteiger partial charge in [-0.05, 0) is 55.0 Å². The number of allylic oxidation sites excluding steroid dienone is 1. The number of hydrogen-bond acceptors (Lipinski definition) is 6. The summed E-state index contributed by atoms with van der Waals surface area (Å²) in [5, 5.41) is 28.6. The fourth-order valence-electron chi connectivity index (χ4n) is 2.55. The number of carbonyl (C=O) groups excluding carboxylic acids is 2. The Morgan fingerprint density at radius 3 is 2.28 bits per heavy atom. The maximum Gasteiger partial charge on any atom is 0.343 e. The fourth-order valence-corrected chi connectivity index (χ4v) is 2.55. The predicted molar refractivity (Wildman–Crippen MR) is 107 cm³/mol. The molecule has 0 unspecified atom stereocenters. The second-order valence-electron chi connectivity index (χ2n) is 6.38. The van der Waals surface area contributed by atoms with E-state index in [1.807, 2.05) is 6.92 Å². The van der Waals surface area contributed by atoms with Crippen molar-refractivity contribution >= 4 is 17.8 Å². The second kappa shape index (κ2) is 8.31. The first-order chi connectivity index (χ1) is 13.8. The molecule has 6 heteroatoms. The summed E-state index contributed by atoms with van der Waals surface area (Å²) in [5.74, 6) is -1.92. The summed E-state index contributed by atoms with van der Waals surface area (Å²) in [6.45, 7) is 1.89. The number of phenolic OH excluding ortho intramolecular Hbond substituents is 3. The summed E-state index contributed by atoms with van der Waals surface area (Å²) in [6, 6.07) is 14.7. The molecule has 0 aliphatic heterocycles. The van der Waals surface area contributed by atoms with E-state index in [-0.39, 0.29) is 28.6 Å². The van der Waals surface area contributed by atoms with Gasteiger partial charge in [0.05, 0.1) is 11.1 Å². The molecule has 29 heavy (non-hydrogen) atoms. The highest BCUT2D eigenvalue weighted by atomic mass is 16.5. The minimum Gasteiger partial charge on any atom is -0.508 e. The monoisotopic (exact) mass is 390 g/mol. The molecule has 3 aromatic carbocycles. The molecule has 0 amide bonds. The van der Waals surface area contributed by atoms with Crippen LogP contribution in [0.2, 0.25) is 0 Å². The molecular weight excluding hydrogens is 372 g/mol. The van der Waals surface area contributed by atoms with Crippen LogP contribution in [0, 0.1) is 6.92 Å². The lowest BCUT2D eigenvalue weighted by atomic mass is 10.1. The van der Waals surface area contributed by atoms with E-state index >= 15 is 0 Å². The molecule has 3 N–H and O–H groups in total. The molecule has 146 valence electrons. The molecule has 0 atom stereocenters. The Labute approximate surface area is 166 Å². The summed E-state index contributed by atoms with van der Waals surface area (Å²) in [6.07, 6.45) is 2.68. The fraction of sp³-hybridized carbons (Fsp3) is 0.0435. The van der Waals surface area contributed by atoms with Crippen LogP contribution in [0.5, 0.6) is 23.0 Å². The largest absolute Gasteiger partial charge is 0.508 e. The molecule has 3 rings (SSSR count). The van der Waals surface area contributed by atoms with Gasteiger partial charge in [-0.3, -0.25) is 4.79 Å². The van der Waals surface area contributed by atoms with Crippen molar-refractivity contribution in [1.82, 2.24) is 0 Å². The van der Waals surface area contributed by atoms with Gasteiger partial charge >= 0.3 is 5.97 Å². The number of hydrogen-bond donors (Lipinski definition) is 3. The van der Waals surface area contributed by atoms with Crippen LogP contribution in [0.1, 0.15) is 31.8 Å². The van der Waals surface area contributed by atoms with Gasteiger partial charge in [-0.1, -0.05) is 29.8 Å². The first kappa shape index (κ1) is 19.7. The molecule has 0 aliphatic rings. The zero-order valence-electron chi connectivity index (χ0n) is 15.5. The first-order valence-corrected chi connectivity index (χ1v) is 8.70. The Balaban J connectivity index is 1.84. The van der Waals surface area contributed by atoms with Crippen LogP contribution in [0.25, 0.3) is 6.08 Å². The number of rotatable bonds is 5. The molecule has 0 radical (unpaired) electrons. The lowest BCUT2D eigenvalue weighted by Gasteiger charge is -2.09. The average Bonchev–Trinajstić information content (AvgIpc) is 2.69. The third kappa shape index (κ3) is 4.81. The number of phenols is 3. The molecule has 0 saturated carbocycles. The summed E-state index contributed by atoms with van der Waals surface area (Å²) in [7, 11) is 0. The van der Waals surface area contributed by atoms with Crippen molar-refractivity contribution in [2.45, 2.75) is 6.92 Å². The van der Waals surface area contributed by atoms with E-state index in [2.05, 4.69) is 0 Å². The molecule has 0 heterocycles. The van der Waals surface area contributed by atoms with Crippen LogP contribution in [0.3, 0.4) is 0 Å². The number of aryl methyl sites for hydroxylation is 1. The molecule has 6 nitrogen and oxygen atoms in total. The van der Waals surface area contributed by atoms with Crippen LogP contribution in [-0.2, 0) is 0 Å². The topological polar surface area (TPSA) is 104 Å². The van der Waals surface area contributed by atoms with Crippen molar-refractivity contribution in [3.05, 3.63) is 89.0 Å². The Kier molecular flexibility index (Phi) is 5.64. The SMILES string of the molecule is Cc1ccc(C(=O)Oc2cc(O)ccc2C(=O)C=Cc2ccc(O)c(O)c2)cc1. The Morgan fingerprint density at radius 1 is 0.862 bits per heavy atom. The van der Waals surface area contributed by atoms with Crippen molar-refractivity contribution in [2.75, 3.05) is 0 Å². The van der Waals surface area contributed by atoms with Crippen LogP contribution < -0.4 is 4.74 Å². The highest BCUT2D eigenvalue weighted by Crippen LogP contribution is 2.27. The van der Waals surface area contributed by atoms with Gasteiger partial charge in [0.2, 0.25) is 0 Å².